The molecule has 98 valence electrons. The number of nitrogen functional groups attached to an aromatic ring is 1. The smallest absolute Gasteiger partial charge is 0.337 e. The Morgan fingerprint density at radius 1 is 1.26 bits per heavy atom. The van der Waals surface area contributed by atoms with Gasteiger partial charge in [0.05, 0.1) is 26.4 Å². The quantitative estimate of drug-likeness (QED) is 0.734. The first-order valence-corrected chi connectivity index (χ1v) is 6.50. The van der Waals surface area contributed by atoms with Gasteiger partial charge in [-0.1, -0.05) is 17.7 Å². The number of nitrogens with one attached hydrogen (secondary N) is 1. The summed E-state index contributed by atoms with van der Waals surface area (Å²) in [4.78, 5) is 11.2. The fourth-order valence-corrected chi connectivity index (χ4v) is 2.14. The molecule has 6 heteroatoms. The third kappa shape index (κ3) is 3.00. The average molecular weight is 342 g/mol. The standard InChI is InChI=1S/C13H10BrClN2O2/c14-12-9(15)2-1-3-10(12)17-11-6-7(16)4-5-8(11)13(18)19/h1-6,17H,16H2,(H,18,19). The van der Waals surface area contributed by atoms with Crippen LogP contribution in [0.15, 0.2) is 40.9 Å². The van der Waals surface area contributed by atoms with E-state index in [1.165, 1.54) is 6.07 Å². The first kappa shape index (κ1) is 13.7. The zero-order chi connectivity index (χ0) is 14.0. The number of halogens is 2. The number of carbonyl (C=O) groups is 1. The van der Waals surface area contributed by atoms with Crippen LogP contribution >= 0.6 is 27.5 Å². The fourth-order valence-electron chi connectivity index (χ4n) is 1.60. The maximum atomic E-state index is 11.2. The van der Waals surface area contributed by atoms with Crippen molar-refractivity contribution in [2.24, 2.45) is 0 Å². The molecule has 2 rings (SSSR count). The summed E-state index contributed by atoms with van der Waals surface area (Å²) in [5.74, 6) is -1.03. The van der Waals surface area contributed by atoms with Crippen molar-refractivity contribution >= 4 is 50.6 Å². The SMILES string of the molecule is Nc1ccc(C(=O)O)c(Nc2cccc(Cl)c2Br)c1. The molecule has 0 fully saturated rings. The molecule has 0 aliphatic carbocycles. The van der Waals surface area contributed by atoms with Gasteiger partial charge in [0.2, 0.25) is 0 Å². The van der Waals surface area contributed by atoms with Gasteiger partial charge < -0.3 is 16.2 Å². The van der Waals surface area contributed by atoms with E-state index in [0.29, 0.717) is 26.6 Å². The number of rotatable bonds is 3. The molecule has 19 heavy (non-hydrogen) atoms. The Labute approximate surface area is 123 Å². The van der Waals surface area contributed by atoms with Gasteiger partial charge in [0, 0.05) is 5.69 Å². The number of carboxylic acids is 1. The number of hydrogen-bond donors (Lipinski definition) is 3. The minimum Gasteiger partial charge on any atom is -0.478 e. The Hall–Kier alpha value is -1.72. The molecule has 0 radical (unpaired) electrons. The Balaban J connectivity index is 2.45. The second-order valence-corrected chi connectivity index (χ2v) is 5.04. The molecule has 0 atom stereocenters. The first-order valence-electron chi connectivity index (χ1n) is 5.33. The van der Waals surface area contributed by atoms with E-state index >= 15 is 0 Å². The van der Waals surface area contributed by atoms with Crippen LogP contribution in [-0.2, 0) is 0 Å². The van der Waals surface area contributed by atoms with Gasteiger partial charge in [0.1, 0.15) is 0 Å². The lowest BCUT2D eigenvalue weighted by Gasteiger charge is -2.12. The predicted octanol–water partition coefficient (Wildman–Crippen LogP) is 4.13. The van der Waals surface area contributed by atoms with E-state index in [2.05, 4.69) is 21.2 Å². The van der Waals surface area contributed by atoms with Crippen LogP contribution in [0.4, 0.5) is 17.1 Å². The van der Waals surface area contributed by atoms with Gasteiger partial charge in [0.25, 0.3) is 0 Å². The van der Waals surface area contributed by atoms with Crippen molar-refractivity contribution in [1.29, 1.82) is 0 Å². The van der Waals surface area contributed by atoms with Gasteiger partial charge in [-0.05, 0) is 46.3 Å². The van der Waals surface area contributed by atoms with Crippen molar-refractivity contribution in [3.8, 4) is 0 Å². The van der Waals surface area contributed by atoms with Crippen molar-refractivity contribution < 1.29 is 9.90 Å². The molecule has 0 spiro atoms. The van der Waals surface area contributed by atoms with Crippen LogP contribution in [0.3, 0.4) is 0 Å². The molecular formula is C13H10BrClN2O2. The summed E-state index contributed by atoms with van der Waals surface area (Å²) in [6, 6.07) is 9.85. The van der Waals surface area contributed by atoms with Gasteiger partial charge >= 0.3 is 5.97 Å². The number of hydrogen-bond acceptors (Lipinski definition) is 3. The zero-order valence-electron chi connectivity index (χ0n) is 9.65. The van der Waals surface area contributed by atoms with E-state index in [0.717, 1.165) is 0 Å². The lowest BCUT2D eigenvalue weighted by atomic mass is 10.1. The fraction of sp³-hybridized carbons (Fsp3) is 0. The molecule has 0 saturated heterocycles. The molecule has 4 N–H and O–H groups in total. The molecule has 0 amide bonds. The van der Waals surface area contributed by atoms with Crippen LogP contribution in [0.5, 0.6) is 0 Å². The third-order valence-corrected chi connectivity index (χ3v) is 3.89. The normalized spacial score (nSPS) is 10.2. The Morgan fingerprint density at radius 3 is 2.68 bits per heavy atom. The zero-order valence-corrected chi connectivity index (χ0v) is 12.0. The molecule has 2 aromatic carbocycles. The van der Waals surface area contributed by atoms with E-state index in [1.807, 2.05) is 0 Å². The number of carboxylic acid groups (broad SMARTS) is 1. The summed E-state index contributed by atoms with van der Waals surface area (Å²) in [7, 11) is 0. The average Bonchev–Trinajstić information content (AvgIpc) is 2.35. The maximum absolute atomic E-state index is 11.2. The van der Waals surface area contributed by atoms with Gasteiger partial charge in [-0.3, -0.25) is 0 Å². The van der Waals surface area contributed by atoms with E-state index in [9.17, 15) is 4.79 Å². The Kier molecular flexibility index (Phi) is 3.97. The Bertz CT molecular complexity index is 647. The van der Waals surface area contributed by atoms with Crippen molar-refractivity contribution in [2.75, 3.05) is 11.1 Å². The maximum Gasteiger partial charge on any atom is 0.337 e. The minimum absolute atomic E-state index is 0.140. The van der Waals surface area contributed by atoms with Crippen LogP contribution < -0.4 is 11.1 Å². The lowest BCUT2D eigenvalue weighted by Crippen LogP contribution is -2.04. The number of anilines is 3. The van der Waals surface area contributed by atoms with Gasteiger partial charge in [-0.25, -0.2) is 4.79 Å². The number of aromatic carboxylic acids is 1. The van der Waals surface area contributed by atoms with Crippen molar-refractivity contribution in [1.82, 2.24) is 0 Å². The predicted molar refractivity (Wildman–Crippen MR) is 80.2 cm³/mol. The van der Waals surface area contributed by atoms with Crippen LogP contribution in [-0.4, -0.2) is 11.1 Å². The second kappa shape index (κ2) is 5.50. The van der Waals surface area contributed by atoms with E-state index in [-0.39, 0.29) is 5.56 Å². The van der Waals surface area contributed by atoms with Gasteiger partial charge in [-0.2, -0.15) is 0 Å². The third-order valence-electron chi connectivity index (χ3n) is 2.49. The Morgan fingerprint density at radius 2 is 2.00 bits per heavy atom. The molecule has 0 aromatic heterocycles. The molecule has 4 nitrogen and oxygen atoms in total. The van der Waals surface area contributed by atoms with Crippen molar-refractivity contribution in [3.05, 3.63) is 51.5 Å². The summed E-state index contributed by atoms with van der Waals surface area (Å²) < 4.78 is 0.662. The highest BCUT2D eigenvalue weighted by Crippen LogP contribution is 2.33. The summed E-state index contributed by atoms with van der Waals surface area (Å²) >= 11 is 9.33. The van der Waals surface area contributed by atoms with Gasteiger partial charge in [0.15, 0.2) is 0 Å². The van der Waals surface area contributed by atoms with Crippen LogP contribution in [0.25, 0.3) is 0 Å². The second-order valence-electron chi connectivity index (χ2n) is 3.84. The van der Waals surface area contributed by atoms with Crippen LogP contribution in [0.1, 0.15) is 10.4 Å². The summed E-state index contributed by atoms with van der Waals surface area (Å²) in [6.45, 7) is 0. The molecule has 0 aliphatic heterocycles. The molecular weight excluding hydrogens is 332 g/mol. The monoisotopic (exact) mass is 340 g/mol. The molecule has 0 bridgehead atoms. The highest BCUT2D eigenvalue weighted by molar-refractivity contribution is 9.10. The highest BCUT2D eigenvalue weighted by Gasteiger charge is 2.12. The van der Waals surface area contributed by atoms with Crippen molar-refractivity contribution in [2.45, 2.75) is 0 Å². The molecule has 0 aliphatic rings. The summed E-state index contributed by atoms with van der Waals surface area (Å²) in [6.07, 6.45) is 0. The molecule has 0 saturated carbocycles. The minimum atomic E-state index is -1.03. The van der Waals surface area contributed by atoms with Crippen molar-refractivity contribution in [3.63, 3.8) is 0 Å². The van der Waals surface area contributed by atoms with Crippen LogP contribution in [0.2, 0.25) is 5.02 Å². The first-order chi connectivity index (χ1) is 8.99. The summed E-state index contributed by atoms with van der Waals surface area (Å²) in [5.41, 5.74) is 7.38. The molecule has 0 heterocycles. The van der Waals surface area contributed by atoms with E-state index in [4.69, 9.17) is 22.4 Å². The van der Waals surface area contributed by atoms with Gasteiger partial charge in [-0.15, -0.1) is 0 Å². The highest BCUT2D eigenvalue weighted by atomic mass is 79.9. The molecule has 0 unspecified atom stereocenters. The molecule has 2 aromatic rings. The topological polar surface area (TPSA) is 75.4 Å². The lowest BCUT2D eigenvalue weighted by molar-refractivity contribution is 0.0698. The van der Waals surface area contributed by atoms with E-state index in [1.54, 1.807) is 30.3 Å². The van der Waals surface area contributed by atoms with E-state index < -0.39 is 5.97 Å². The number of benzene rings is 2. The largest absolute Gasteiger partial charge is 0.478 e. The summed E-state index contributed by atoms with van der Waals surface area (Å²) in [5, 5.41) is 12.7. The van der Waals surface area contributed by atoms with Crippen LogP contribution in [0, 0.1) is 0 Å². The number of nitrogens with two attached hydrogens (primary N) is 1.